The molecule has 2 rings (SSSR count). The maximum atomic E-state index is 11.9. The molecule has 1 fully saturated rings. The molecule has 2 heterocycles. The Morgan fingerprint density at radius 1 is 1.27 bits per heavy atom. The number of Topliss-reactive ketones (excluding diaryl/α,β-unsaturated/α-hetero) is 1. The molecule has 0 radical (unpaired) electrons. The first kappa shape index (κ1) is 17.4. The summed E-state index contributed by atoms with van der Waals surface area (Å²) in [7, 11) is 0. The van der Waals surface area contributed by atoms with Gasteiger partial charge in [-0.1, -0.05) is 11.6 Å². The minimum atomic E-state index is -0.0713. The summed E-state index contributed by atoms with van der Waals surface area (Å²) in [5.74, 6) is -0.0988. The van der Waals surface area contributed by atoms with Crippen LogP contribution in [0.25, 0.3) is 0 Å². The largest absolute Gasteiger partial charge is 0.379 e. The Labute approximate surface area is 139 Å². The van der Waals surface area contributed by atoms with Crippen LogP contribution >= 0.6 is 22.9 Å². The molecule has 0 spiro atoms. The first-order valence-electron chi connectivity index (χ1n) is 7.50. The van der Waals surface area contributed by atoms with E-state index in [1.807, 2.05) is 0 Å². The molecule has 1 aromatic rings. The van der Waals surface area contributed by atoms with E-state index in [4.69, 9.17) is 16.3 Å². The highest BCUT2D eigenvalue weighted by atomic mass is 35.5. The molecule has 1 N–H and O–H groups in total. The number of rotatable bonds is 8. The van der Waals surface area contributed by atoms with Crippen molar-refractivity contribution in [2.45, 2.75) is 19.3 Å². The maximum absolute atomic E-state index is 11.9. The first-order valence-corrected chi connectivity index (χ1v) is 8.70. The van der Waals surface area contributed by atoms with Crippen molar-refractivity contribution < 1.29 is 14.3 Å². The standard InChI is InChI=1S/C15H21ClN2O3S/c16-14-4-3-13(22-14)12(19)2-5-15(20)17-6-1-7-18-8-10-21-11-9-18/h3-4H,1-2,5-11H2,(H,17,20). The molecule has 1 saturated heterocycles. The fourth-order valence-corrected chi connectivity index (χ4v) is 3.27. The summed E-state index contributed by atoms with van der Waals surface area (Å²) in [4.78, 5) is 26.5. The third kappa shape index (κ3) is 6.04. The summed E-state index contributed by atoms with van der Waals surface area (Å²) in [6, 6.07) is 3.40. The lowest BCUT2D eigenvalue weighted by atomic mass is 10.2. The number of ether oxygens (including phenoxy) is 1. The Bertz CT molecular complexity index is 501. The lowest BCUT2D eigenvalue weighted by Crippen LogP contribution is -2.38. The Morgan fingerprint density at radius 2 is 2.05 bits per heavy atom. The predicted octanol–water partition coefficient (Wildman–Crippen LogP) is 2.20. The van der Waals surface area contributed by atoms with Gasteiger partial charge in [-0.3, -0.25) is 14.5 Å². The zero-order chi connectivity index (χ0) is 15.8. The van der Waals surface area contributed by atoms with Crippen LogP contribution in [0, 0.1) is 0 Å². The fourth-order valence-electron chi connectivity index (χ4n) is 2.26. The zero-order valence-electron chi connectivity index (χ0n) is 12.5. The molecule has 0 saturated carbocycles. The van der Waals surface area contributed by atoms with E-state index in [0.29, 0.717) is 15.8 Å². The van der Waals surface area contributed by atoms with Crippen molar-refractivity contribution in [2.75, 3.05) is 39.4 Å². The predicted molar refractivity (Wildman–Crippen MR) is 87.8 cm³/mol. The van der Waals surface area contributed by atoms with Crippen LogP contribution in [-0.4, -0.2) is 56.0 Å². The van der Waals surface area contributed by atoms with Crippen molar-refractivity contribution in [1.29, 1.82) is 0 Å². The summed E-state index contributed by atoms with van der Waals surface area (Å²) in [5, 5.41) is 2.86. The van der Waals surface area contributed by atoms with Gasteiger partial charge < -0.3 is 10.1 Å². The molecule has 22 heavy (non-hydrogen) atoms. The number of nitrogens with one attached hydrogen (secondary N) is 1. The number of carbonyl (C=O) groups excluding carboxylic acids is 2. The number of ketones is 1. The van der Waals surface area contributed by atoms with Gasteiger partial charge in [0.15, 0.2) is 5.78 Å². The SMILES string of the molecule is O=C(CCC(=O)c1ccc(Cl)s1)NCCCN1CCOCC1. The van der Waals surface area contributed by atoms with Crippen LogP contribution in [-0.2, 0) is 9.53 Å². The second-order valence-electron chi connectivity index (χ2n) is 5.18. The van der Waals surface area contributed by atoms with E-state index in [0.717, 1.165) is 39.3 Å². The van der Waals surface area contributed by atoms with E-state index in [2.05, 4.69) is 10.2 Å². The molecule has 0 bridgehead atoms. The van der Waals surface area contributed by atoms with Crippen LogP contribution in [0.5, 0.6) is 0 Å². The molecule has 0 aliphatic carbocycles. The summed E-state index contributed by atoms with van der Waals surface area (Å²) < 4.78 is 5.88. The molecule has 0 unspecified atom stereocenters. The average Bonchev–Trinajstić information content (AvgIpc) is 2.97. The highest BCUT2D eigenvalue weighted by molar-refractivity contribution is 7.18. The van der Waals surface area contributed by atoms with E-state index in [-0.39, 0.29) is 24.5 Å². The van der Waals surface area contributed by atoms with Crippen molar-refractivity contribution in [3.63, 3.8) is 0 Å². The minimum Gasteiger partial charge on any atom is -0.379 e. The van der Waals surface area contributed by atoms with Gasteiger partial charge in [-0.2, -0.15) is 0 Å². The lowest BCUT2D eigenvalue weighted by molar-refractivity contribution is -0.121. The Balaban J connectivity index is 1.55. The minimum absolute atomic E-state index is 0.0274. The van der Waals surface area contributed by atoms with Gasteiger partial charge >= 0.3 is 0 Å². The first-order chi connectivity index (χ1) is 10.6. The summed E-state index contributed by atoms with van der Waals surface area (Å²) in [5.41, 5.74) is 0. The van der Waals surface area contributed by atoms with Gasteiger partial charge in [-0.15, -0.1) is 11.3 Å². The zero-order valence-corrected chi connectivity index (χ0v) is 14.0. The van der Waals surface area contributed by atoms with Gasteiger partial charge in [0.2, 0.25) is 5.91 Å². The van der Waals surface area contributed by atoms with Gasteiger partial charge in [0.25, 0.3) is 0 Å². The monoisotopic (exact) mass is 344 g/mol. The second-order valence-corrected chi connectivity index (χ2v) is 6.90. The van der Waals surface area contributed by atoms with E-state index in [9.17, 15) is 9.59 Å². The molecular formula is C15H21ClN2O3S. The number of morpholine rings is 1. The Morgan fingerprint density at radius 3 is 2.73 bits per heavy atom. The van der Waals surface area contributed by atoms with Gasteiger partial charge in [0, 0.05) is 32.5 Å². The normalized spacial score (nSPS) is 15.7. The van der Waals surface area contributed by atoms with E-state index < -0.39 is 0 Å². The number of halogens is 1. The lowest BCUT2D eigenvalue weighted by Gasteiger charge is -2.26. The number of thiophene rings is 1. The third-order valence-electron chi connectivity index (χ3n) is 3.50. The smallest absolute Gasteiger partial charge is 0.220 e. The van der Waals surface area contributed by atoms with Crippen molar-refractivity contribution in [2.24, 2.45) is 0 Å². The third-order valence-corrected chi connectivity index (χ3v) is 4.78. The molecule has 1 aromatic heterocycles. The van der Waals surface area contributed by atoms with Crippen LogP contribution in [0.2, 0.25) is 4.34 Å². The van der Waals surface area contributed by atoms with Crippen LogP contribution in [0.15, 0.2) is 12.1 Å². The van der Waals surface area contributed by atoms with E-state index >= 15 is 0 Å². The summed E-state index contributed by atoms with van der Waals surface area (Å²) in [6.07, 6.45) is 1.37. The molecule has 7 heteroatoms. The molecule has 5 nitrogen and oxygen atoms in total. The van der Waals surface area contributed by atoms with Gasteiger partial charge in [0.05, 0.1) is 22.4 Å². The molecule has 122 valence electrons. The topological polar surface area (TPSA) is 58.6 Å². The molecule has 1 aliphatic rings. The molecule has 0 aromatic carbocycles. The number of carbonyl (C=O) groups is 2. The summed E-state index contributed by atoms with van der Waals surface area (Å²) in [6.45, 7) is 5.13. The van der Waals surface area contributed by atoms with Crippen molar-refractivity contribution in [1.82, 2.24) is 10.2 Å². The van der Waals surface area contributed by atoms with Gasteiger partial charge in [-0.05, 0) is 25.1 Å². The van der Waals surface area contributed by atoms with Crippen molar-refractivity contribution in [3.05, 3.63) is 21.3 Å². The van der Waals surface area contributed by atoms with Crippen molar-refractivity contribution >= 4 is 34.6 Å². The molecule has 0 atom stereocenters. The van der Waals surface area contributed by atoms with Crippen LogP contribution in [0.4, 0.5) is 0 Å². The maximum Gasteiger partial charge on any atom is 0.220 e. The van der Waals surface area contributed by atoms with Crippen LogP contribution in [0.1, 0.15) is 28.9 Å². The number of hydrogen-bond donors (Lipinski definition) is 1. The Kier molecular flexibility index (Phi) is 7.32. The van der Waals surface area contributed by atoms with Crippen LogP contribution < -0.4 is 5.32 Å². The number of amides is 1. The highest BCUT2D eigenvalue weighted by Gasteiger charge is 2.12. The number of nitrogens with zero attached hydrogens (tertiary/aromatic N) is 1. The second kappa shape index (κ2) is 9.25. The van der Waals surface area contributed by atoms with Gasteiger partial charge in [0.1, 0.15) is 0 Å². The van der Waals surface area contributed by atoms with Crippen molar-refractivity contribution in [3.8, 4) is 0 Å². The summed E-state index contributed by atoms with van der Waals surface area (Å²) >= 11 is 7.04. The van der Waals surface area contributed by atoms with E-state index in [1.54, 1.807) is 12.1 Å². The van der Waals surface area contributed by atoms with E-state index in [1.165, 1.54) is 11.3 Å². The van der Waals surface area contributed by atoms with Crippen LogP contribution in [0.3, 0.4) is 0 Å². The Hall–Kier alpha value is -0.950. The highest BCUT2D eigenvalue weighted by Crippen LogP contribution is 2.22. The molecular weight excluding hydrogens is 324 g/mol. The average molecular weight is 345 g/mol. The fraction of sp³-hybridized carbons (Fsp3) is 0.600. The quantitative estimate of drug-likeness (QED) is 0.580. The van der Waals surface area contributed by atoms with Gasteiger partial charge in [-0.25, -0.2) is 0 Å². The molecule has 1 amide bonds. The molecule has 1 aliphatic heterocycles. The number of hydrogen-bond acceptors (Lipinski definition) is 5.